The van der Waals surface area contributed by atoms with E-state index in [-0.39, 0.29) is 5.66 Å². The van der Waals surface area contributed by atoms with E-state index in [1.165, 1.54) is 19.3 Å². The Bertz CT molecular complexity index is 380. The molecule has 2 nitrogen and oxygen atoms in total. The quantitative estimate of drug-likeness (QED) is 0.815. The Morgan fingerprint density at radius 1 is 0.941 bits per heavy atom. The number of benzene rings is 1. The molecule has 17 heavy (non-hydrogen) atoms. The van der Waals surface area contributed by atoms with Crippen LogP contribution in [0, 0.1) is 0 Å². The molecule has 1 aliphatic carbocycles. The van der Waals surface area contributed by atoms with Gasteiger partial charge < -0.3 is 4.89 Å². The fourth-order valence-corrected chi connectivity index (χ4v) is 4.72. The second-order valence-corrected chi connectivity index (χ2v) is 7.45. The molecule has 0 bridgehead atoms. The molecule has 1 unspecified atom stereocenters. The van der Waals surface area contributed by atoms with Gasteiger partial charge in [0.2, 0.25) is 7.37 Å². The van der Waals surface area contributed by atoms with Crippen LogP contribution in [0.3, 0.4) is 0 Å². The molecule has 0 spiro atoms. The first kappa shape index (κ1) is 12.9. The topological polar surface area (TPSA) is 37.3 Å². The summed E-state index contributed by atoms with van der Waals surface area (Å²) in [7, 11) is -3.17. The Balaban J connectivity index is 2.15. The lowest BCUT2D eigenvalue weighted by molar-refractivity contribution is 0.437. The molecule has 2 rings (SSSR count). The summed E-state index contributed by atoms with van der Waals surface area (Å²) in [5.74, 6) is 0. The van der Waals surface area contributed by atoms with Crippen LogP contribution in [0.4, 0.5) is 0 Å². The standard InChI is InChI=1S/C14H21O2P/c15-17(16,14-11-7-4-8-12-14)13-9-5-2-1-3-6-10-13/h4,7-8,11-13H,1-3,5-6,9-10H2,(H,15,16). The van der Waals surface area contributed by atoms with Gasteiger partial charge in [0.25, 0.3) is 0 Å². The van der Waals surface area contributed by atoms with Gasteiger partial charge in [-0.25, -0.2) is 0 Å². The average Bonchev–Trinajstić information content (AvgIpc) is 2.29. The highest BCUT2D eigenvalue weighted by Crippen LogP contribution is 2.49. The molecule has 1 N–H and O–H groups in total. The van der Waals surface area contributed by atoms with Crippen LogP contribution < -0.4 is 5.30 Å². The van der Waals surface area contributed by atoms with Crippen molar-refractivity contribution in [2.45, 2.75) is 50.6 Å². The molecule has 1 fully saturated rings. The average molecular weight is 252 g/mol. The molecule has 1 aliphatic rings. The third-order valence-corrected chi connectivity index (χ3v) is 6.24. The third-order valence-electron chi connectivity index (χ3n) is 3.70. The van der Waals surface area contributed by atoms with Gasteiger partial charge in [-0.2, -0.15) is 0 Å². The zero-order chi connectivity index (χ0) is 12.1. The van der Waals surface area contributed by atoms with Gasteiger partial charge in [-0.1, -0.05) is 50.3 Å². The van der Waals surface area contributed by atoms with Gasteiger partial charge in [-0.3, -0.25) is 4.57 Å². The van der Waals surface area contributed by atoms with Gasteiger partial charge in [0.1, 0.15) is 0 Å². The van der Waals surface area contributed by atoms with Crippen LogP contribution in [-0.4, -0.2) is 10.6 Å². The molecule has 0 amide bonds. The Morgan fingerprint density at radius 2 is 1.47 bits per heavy atom. The monoisotopic (exact) mass is 252 g/mol. The summed E-state index contributed by atoms with van der Waals surface area (Å²) in [5.41, 5.74) is -0.0230. The van der Waals surface area contributed by atoms with Crippen molar-refractivity contribution >= 4 is 12.7 Å². The largest absolute Gasteiger partial charge is 0.341 e. The summed E-state index contributed by atoms with van der Waals surface area (Å²) in [5, 5.41) is 0.630. The molecule has 0 heterocycles. The predicted octanol–water partition coefficient (Wildman–Crippen LogP) is 3.70. The van der Waals surface area contributed by atoms with Gasteiger partial charge in [0.15, 0.2) is 0 Å². The van der Waals surface area contributed by atoms with Crippen molar-refractivity contribution in [3.05, 3.63) is 30.3 Å². The molecular weight excluding hydrogens is 231 g/mol. The number of rotatable bonds is 2. The zero-order valence-electron chi connectivity index (χ0n) is 10.2. The minimum Gasteiger partial charge on any atom is -0.341 e. The van der Waals surface area contributed by atoms with Crippen molar-refractivity contribution in [1.29, 1.82) is 0 Å². The fourth-order valence-electron chi connectivity index (χ4n) is 2.64. The minimum atomic E-state index is -3.17. The van der Waals surface area contributed by atoms with Crippen LogP contribution in [0.1, 0.15) is 44.9 Å². The molecule has 0 aromatic heterocycles. The zero-order valence-corrected chi connectivity index (χ0v) is 11.1. The number of hydrogen-bond donors (Lipinski definition) is 1. The Hall–Kier alpha value is -0.590. The fraction of sp³-hybridized carbons (Fsp3) is 0.571. The molecule has 1 aromatic rings. The molecule has 0 radical (unpaired) electrons. The first-order chi connectivity index (χ1) is 8.21. The molecule has 1 saturated carbocycles. The smallest absolute Gasteiger partial charge is 0.232 e. The van der Waals surface area contributed by atoms with E-state index in [0.717, 1.165) is 25.7 Å². The van der Waals surface area contributed by atoms with Crippen LogP contribution in [0.15, 0.2) is 30.3 Å². The summed E-state index contributed by atoms with van der Waals surface area (Å²) < 4.78 is 12.6. The molecule has 94 valence electrons. The van der Waals surface area contributed by atoms with Crippen LogP contribution in [0.2, 0.25) is 0 Å². The van der Waals surface area contributed by atoms with Crippen molar-refractivity contribution in [2.75, 3.05) is 0 Å². The first-order valence-electron chi connectivity index (χ1n) is 6.59. The van der Waals surface area contributed by atoms with Gasteiger partial charge in [-0.15, -0.1) is 0 Å². The van der Waals surface area contributed by atoms with E-state index < -0.39 is 7.37 Å². The maximum atomic E-state index is 12.6. The lowest BCUT2D eigenvalue weighted by atomic mass is 10.0. The normalized spacial score (nSPS) is 22.4. The maximum Gasteiger partial charge on any atom is 0.232 e. The lowest BCUT2D eigenvalue weighted by Gasteiger charge is -2.25. The van der Waals surface area contributed by atoms with Gasteiger partial charge in [0.05, 0.1) is 0 Å². The molecule has 0 saturated heterocycles. The molecule has 3 heteroatoms. The van der Waals surface area contributed by atoms with Crippen molar-refractivity contribution in [3.8, 4) is 0 Å². The lowest BCUT2D eigenvalue weighted by Crippen LogP contribution is -2.18. The van der Waals surface area contributed by atoms with E-state index in [1.54, 1.807) is 12.1 Å². The Kier molecular flexibility index (Phi) is 4.42. The van der Waals surface area contributed by atoms with E-state index in [0.29, 0.717) is 5.30 Å². The van der Waals surface area contributed by atoms with E-state index in [2.05, 4.69) is 0 Å². The van der Waals surface area contributed by atoms with Crippen molar-refractivity contribution in [3.63, 3.8) is 0 Å². The highest BCUT2D eigenvalue weighted by atomic mass is 31.2. The van der Waals surface area contributed by atoms with Crippen molar-refractivity contribution in [1.82, 2.24) is 0 Å². The summed E-state index contributed by atoms with van der Waals surface area (Å²) in [6, 6.07) is 9.17. The van der Waals surface area contributed by atoms with E-state index in [1.807, 2.05) is 18.2 Å². The highest BCUT2D eigenvalue weighted by molar-refractivity contribution is 7.66. The van der Waals surface area contributed by atoms with Crippen molar-refractivity contribution in [2.24, 2.45) is 0 Å². The van der Waals surface area contributed by atoms with Crippen molar-refractivity contribution < 1.29 is 9.46 Å². The van der Waals surface area contributed by atoms with Crippen LogP contribution >= 0.6 is 7.37 Å². The Labute approximate surface area is 104 Å². The van der Waals surface area contributed by atoms with E-state index in [4.69, 9.17) is 0 Å². The van der Waals surface area contributed by atoms with E-state index >= 15 is 0 Å². The summed E-state index contributed by atoms with van der Waals surface area (Å²) in [4.78, 5) is 10.4. The molecular formula is C14H21O2P. The SMILES string of the molecule is O=P(O)(c1ccccc1)C1CCCCCCC1. The van der Waals surface area contributed by atoms with Crippen LogP contribution in [0.25, 0.3) is 0 Å². The maximum absolute atomic E-state index is 12.6. The van der Waals surface area contributed by atoms with Gasteiger partial charge in [0, 0.05) is 11.0 Å². The van der Waals surface area contributed by atoms with Gasteiger partial charge in [-0.05, 0) is 25.0 Å². The molecule has 1 aromatic carbocycles. The third kappa shape index (κ3) is 3.20. The number of hydrogen-bond acceptors (Lipinski definition) is 1. The molecule has 0 aliphatic heterocycles. The van der Waals surface area contributed by atoms with Crippen LogP contribution in [0.5, 0.6) is 0 Å². The predicted molar refractivity (Wildman–Crippen MR) is 72.0 cm³/mol. The summed E-state index contributed by atoms with van der Waals surface area (Å²) in [6.45, 7) is 0. The summed E-state index contributed by atoms with van der Waals surface area (Å²) >= 11 is 0. The van der Waals surface area contributed by atoms with Gasteiger partial charge >= 0.3 is 0 Å². The minimum absolute atomic E-state index is 0.0230. The highest BCUT2D eigenvalue weighted by Gasteiger charge is 2.32. The van der Waals surface area contributed by atoms with Crippen LogP contribution in [-0.2, 0) is 4.57 Å². The molecule has 1 atom stereocenters. The first-order valence-corrected chi connectivity index (χ1v) is 8.32. The second-order valence-electron chi connectivity index (χ2n) is 4.96. The Morgan fingerprint density at radius 3 is 2.06 bits per heavy atom. The van der Waals surface area contributed by atoms with E-state index in [9.17, 15) is 9.46 Å². The summed E-state index contributed by atoms with van der Waals surface area (Å²) in [6.07, 6.45) is 7.72. The second kappa shape index (κ2) is 5.84.